The van der Waals surface area contributed by atoms with Crippen LogP contribution in [0.3, 0.4) is 0 Å². The standard InChI is InChI=1S/C20H21F3N2O3/c1-12-16(17(19(27)28-2)20(21,22)23)18(26)25(24-12)15-10-8-14(9-11-15)13-6-4-3-5-7-13/h8-11,13,24H,1,3-7H2,2H3. The van der Waals surface area contributed by atoms with Gasteiger partial charge in [-0.05, 0) is 36.5 Å². The molecule has 1 aromatic carbocycles. The molecule has 0 radical (unpaired) electrons. The summed E-state index contributed by atoms with van der Waals surface area (Å²) in [5.74, 6) is -1.17. The molecule has 2 aromatic rings. The van der Waals surface area contributed by atoms with Crippen LogP contribution in [-0.2, 0) is 9.53 Å². The third-order valence-electron chi connectivity index (χ3n) is 5.12. The van der Waals surface area contributed by atoms with Gasteiger partial charge in [0.25, 0.3) is 5.56 Å². The SMILES string of the molecule is C=c1[nH]n(-c2ccc(C3CCCCC3)cc2)c(=O)c1=C(C(=O)OC)C(F)(F)F. The van der Waals surface area contributed by atoms with Crippen molar-refractivity contribution in [1.82, 2.24) is 9.78 Å². The molecule has 28 heavy (non-hydrogen) atoms. The van der Waals surface area contributed by atoms with Crippen molar-refractivity contribution in [3.63, 3.8) is 0 Å². The van der Waals surface area contributed by atoms with Crippen LogP contribution in [0, 0.1) is 0 Å². The topological polar surface area (TPSA) is 64.1 Å². The zero-order valence-electron chi connectivity index (χ0n) is 15.4. The summed E-state index contributed by atoms with van der Waals surface area (Å²) in [5.41, 5.74) is -1.16. The Morgan fingerprint density at radius 1 is 1.18 bits per heavy atom. The molecule has 8 heteroatoms. The second-order valence-electron chi connectivity index (χ2n) is 6.90. The summed E-state index contributed by atoms with van der Waals surface area (Å²) in [6, 6.07) is 7.12. The van der Waals surface area contributed by atoms with E-state index in [-0.39, 0.29) is 5.35 Å². The molecular formula is C20H21F3N2O3. The van der Waals surface area contributed by atoms with Crippen molar-refractivity contribution in [2.45, 2.75) is 44.2 Å². The first-order chi connectivity index (χ1) is 13.2. The summed E-state index contributed by atoms with van der Waals surface area (Å²) in [7, 11) is 0.825. The van der Waals surface area contributed by atoms with E-state index in [1.807, 2.05) is 12.1 Å². The molecule has 0 aliphatic heterocycles. The average Bonchev–Trinajstić information content (AvgIpc) is 2.96. The van der Waals surface area contributed by atoms with E-state index in [2.05, 4.69) is 16.4 Å². The van der Waals surface area contributed by atoms with E-state index in [4.69, 9.17) is 0 Å². The fourth-order valence-corrected chi connectivity index (χ4v) is 3.72. The minimum absolute atomic E-state index is 0.306. The van der Waals surface area contributed by atoms with Crippen LogP contribution in [0.2, 0.25) is 0 Å². The molecule has 1 aliphatic rings. The number of benzene rings is 1. The lowest BCUT2D eigenvalue weighted by Crippen LogP contribution is -2.42. The summed E-state index contributed by atoms with van der Waals surface area (Å²) in [6.07, 6.45) is 0.764. The first-order valence-electron chi connectivity index (χ1n) is 9.04. The van der Waals surface area contributed by atoms with Gasteiger partial charge >= 0.3 is 12.1 Å². The molecule has 1 aliphatic carbocycles. The second kappa shape index (κ2) is 7.69. The number of esters is 1. The maximum absolute atomic E-state index is 13.3. The van der Waals surface area contributed by atoms with Gasteiger partial charge in [0.2, 0.25) is 0 Å². The molecule has 0 atom stereocenters. The van der Waals surface area contributed by atoms with Crippen molar-refractivity contribution in [3.8, 4) is 5.69 Å². The van der Waals surface area contributed by atoms with Crippen molar-refractivity contribution < 1.29 is 22.7 Å². The molecule has 1 heterocycles. The number of carbonyl (C=O) groups excluding carboxylic acids is 1. The maximum Gasteiger partial charge on any atom is 0.424 e. The fraction of sp³-hybridized carbons (Fsp3) is 0.400. The molecule has 0 bridgehead atoms. The number of nitrogens with zero attached hydrogens (tertiary/aromatic N) is 1. The Morgan fingerprint density at radius 3 is 2.32 bits per heavy atom. The summed E-state index contributed by atoms with van der Waals surface area (Å²) in [4.78, 5) is 24.3. The van der Waals surface area contributed by atoms with Crippen molar-refractivity contribution in [3.05, 3.63) is 50.8 Å². The number of H-pyrrole nitrogens is 1. The number of aromatic nitrogens is 2. The molecule has 3 rings (SSSR count). The van der Waals surface area contributed by atoms with E-state index in [0.29, 0.717) is 11.6 Å². The van der Waals surface area contributed by atoms with Gasteiger partial charge in [0, 0.05) is 0 Å². The van der Waals surface area contributed by atoms with Crippen molar-refractivity contribution in [1.29, 1.82) is 0 Å². The molecular weight excluding hydrogens is 373 g/mol. The Balaban J connectivity index is 2.09. The number of nitrogens with one attached hydrogen (secondary N) is 1. The molecule has 5 nitrogen and oxygen atoms in total. The largest absolute Gasteiger partial charge is 0.465 e. The molecule has 0 unspecified atom stereocenters. The van der Waals surface area contributed by atoms with Crippen LogP contribution in [0.5, 0.6) is 0 Å². The van der Waals surface area contributed by atoms with Gasteiger partial charge in [0.1, 0.15) is 0 Å². The Morgan fingerprint density at radius 2 is 1.79 bits per heavy atom. The highest BCUT2D eigenvalue weighted by Crippen LogP contribution is 2.32. The lowest BCUT2D eigenvalue weighted by atomic mass is 9.84. The highest BCUT2D eigenvalue weighted by Gasteiger charge is 2.41. The van der Waals surface area contributed by atoms with Gasteiger partial charge in [0.05, 0.1) is 23.4 Å². The van der Waals surface area contributed by atoms with Gasteiger partial charge in [-0.25, -0.2) is 9.48 Å². The third kappa shape index (κ3) is 3.76. The summed E-state index contributed by atoms with van der Waals surface area (Å²) in [5, 5.41) is 1.38. The first kappa shape index (κ1) is 20.0. The molecule has 0 spiro atoms. The first-order valence-corrected chi connectivity index (χ1v) is 9.04. The van der Waals surface area contributed by atoms with Gasteiger partial charge < -0.3 is 4.74 Å². The molecule has 1 aromatic heterocycles. The van der Waals surface area contributed by atoms with Crippen LogP contribution < -0.4 is 16.1 Å². The molecule has 1 N–H and O–H groups in total. The predicted molar refractivity (Wildman–Crippen MR) is 98.5 cm³/mol. The quantitative estimate of drug-likeness (QED) is 0.814. The third-order valence-corrected chi connectivity index (χ3v) is 5.12. The van der Waals surface area contributed by atoms with E-state index >= 15 is 0 Å². The number of halogens is 3. The highest BCUT2D eigenvalue weighted by molar-refractivity contribution is 6.11. The zero-order valence-corrected chi connectivity index (χ0v) is 15.4. The lowest BCUT2D eigenvalue weighted by Gasteiger charge is -2.22. The lowest BCUT2D eigenvalue weighted by molar-refractivity contribution is -0.140. The number of alkyl halides is 3. The predicted octanol–water partition coefficient (Wildman–Crippen LogP) is 2.51. The number of methoxy groups -OCH3 is 1. The summed E-state index contributed by atoms with van der Waals surface area (Å²) in [6.45, 7) is 3.46. The van der Waals surface area contributed by atoms with Crippen molar-refractivity contribution in [2.75, 3.05) is 7.11 Å². The monoisotopic (exact) mass is 394 g/mol. The van der Waals surface area contributed by atoms with Gasteiger partial charge in [0.15, 0.2) is 5.57 Å². The van der Waals surface area contributed by atoms with E-state index < -0.39 is 28.5 Å². The maximum atomic E-state index is 13.3. The smallest absolute Gasteiger partial charge is 0.424 e. The van der Waals surface area contributed by atoms with Crippen LogP contribution in [0.1, 0.15) is 43.6 Å². The minimum atomic E-state index is -5.05. The molecule has 1 fully saturated rings. The van der Waals surface area contributed by atoms with Gasteiger partial charge in [-0.1, -0.05) is 38.0 Å². The van der Waals surface area contributed by atoms with Crippen molar-refractivity contribution in [2.24, 2.45) is 0 Å². The van der Waals surface area contributed by atoms with E-state index in [1.54, 1.807) is 12.1 Å². The van der Waals surface area contributed by atoms with Gasteiger partial charge in [-0.3, -0.25) is 9.89 Å². The number of hydrogen-bond acceptors (Lipinski definition) is 3. The highest BCUT2D eigenvalue weighted by atomic mass is 19.4. The average molecular weight is 394 g/mol. The fourth-order valence-electron chi connectivity index (χ4n) is 3.72. The Kier molecular flexibility index (Phi) is 5.49. The van der Waals surface area contributed by atoms with E-state index in [0.717, 1.165) is 30.2 Å². The van der Waals surface area contributed by atoms with Crippen LogP contribution in [0.25, 0.3) is 17.8 Å². The van der Waals surface area contributed by atoms with E-state index in [9.17, 15) is 22.8 Å². The molecule has 0 saturated heterocycles. The van der Waals surface area contributed by atoms with Crippen LogP contribution in [0.4, 0.5) is 13.2 Å². The number of hydrogen-bond donors (Lipinski definition) is 1. The number of rotatable bonds is 3. The molecule has 0 amide bonds. The van der Waals surface area contributed by atoms with E-state index in [1.165, 1.54) is 19.3 Å². The molecule has 1 saturated carbocycles. The van der Waals surface area contributed by atoms with Crippen LogP contribution in [0.15, 0.2) is 29.1 Å². The number of carbonyl (C=O) groups is 1. The molecule has 150 valence electrons. The number of ether oxygens (including phenoxy) is 1. The Hall–Kier alpha value is -2.77. The Bertz CT molecular complexity index is 1030. The second-order valence-corrected chi connectivity index (χ2v) is 6.90. The summed E-state index contributed by atoms with van der Waals surface area (Å²) >= 11 is 0. The van der Waals surface area contributed by atoms with Crippen LogP contribution in [-0.4, -0.2) is 29.0 Å². The van der Waals surface area contributed by atoms with Crippen molar-refractivity contribution >= 4 is 18.1 Å². The Labute approximate surface area is 159 Å². The minimum Gasteiger partial charge on any atom is -0.465 e. The van der Waals surface area contributed by atoms with Crippen LogP contribution >= 0.6 is 0 Å². The summed E-state index contributed by atoms with van der Waals surface area (Å²) < 4.78 is 45.2. The zero-order chi connectivity index (χ0) is 20.5. The van der Waals surface area contributed by atoms with Gasteiger partial charge in [-0.2, -0.15) is 13.2 Å². The van der Waals surface area contributed by atoms with Gasteiger partial charge in [-0.15, -0.1) is 0 Å². The normalized spacial score (nSPS) is 16.7. The number of aromatic amines is 1.